The topological polar surface area (TPSA) is 84.0 Å². The monoisotopic (exact) mass is 442 g/mol. The molecule has 0 aliphatic carbocycles. The van der Waals surface area contributed by atoms with E-state index in [9.17, 15) is 9.18 Å². The molecule has 0 spiro atoms. The van der Waals surface area contributed by atoms with Crippen LogP contribution in [0, 0.1) is 12.7 Å². The smallest absolute Gasteiger partial charge is 0.239 e. The van der Waals surface area contributed by atoms with Crippen molar-refractivity contribution >= 4 is 17.6 Å². The third-order valence-corrected chi connectivity index (χ3v) is 4.58. The quantitative estimate of drug-likeness (QED) is 0.485. The maximum Gasteiger partial charge on any atom is 0.239 e. The van der Waals surface area contributed by atoms with E-state index in [4.69, 9.17) is 9.47 Å². The van der Waals surface area contributed by atoms with E-state index in [0.29, 0.717) is 42.8 Å². The number of guanidine groups is 1. The maximum atomic E-state index is 13.6. The van der Waals surface area contributed by atoms with E-state index in [0.717, 1.165) is 17.7 Å². The number of aliphatic imine (C=N–C) groups is 1. The fourth-order valence-electron chi connectivity index (χ4n) is 3.12. The van der Waals surface area contributed by atoms with Gasteiger partial charge in [0.1, 0.15) is 5.82 Å². The van der Waals surface area contributed by atoms with Crippen molar-refractivity contribution in [2.45, 2.75) is 46.2 Å². The Morgan fingerprint density at radius 1 is 1.09 bits per heavy atom. The second kappa shape index (κ2) is 10.3. The highest BCUT2D eigenvalue weighted by Gasteiger charge is 2.15. The van der Waals surface area contributed by atoms with E-state index in [1.807, 2.05) is 39.0 Å². The van der Waals surface area contributed by atoms with Gasteiger partial charge in [-0.05, 0) is 57.0 Å². The molecular weight excluding hydrogens is 411 g/mol. The normalized spacial score (nSPS) is 13.8. The Balaban J connectivity index is 1.75. The molecule has 8 heteroatoms. The minimum atomic E-state index is -0.330. The molecule has 1 aliphatic heterocycles. The average Bonchev–Trinajstić information content (AvgIpc) is 2.96. The first-order valence-electron chi connectivity index (χ1n) is 10.7. The predicted molar refractivity (Wildman–Crippen MR) is 124 cm³/mol. The zero-order chi connectivity index (χ0) is 23.1. The van der Waals surface area contributed by atoms with Crippen LogP contribution in [0.1, 0.15) is 38.3 Å². The molecule has 2 aromatic carbocycles. The van der Waals surface area contributed by atoms with Crippen LogP contribution < -0.4 is 25.4 Å². The van der Waals surface area contributed by atoms with E-state index in [1.165, 1.54) is 6.07 Å². The van der Waals surface area contributed by atoms with Crippen molar-refractivity contribution < 1.29 is 18.7 Å². The van der Waals surface area contributed by atoms with Gasteiger partial charge in [-0.1, -0.05) is 12.1 Å². The zero-order valence-electron chi connectivity index (χ0n) is 19.0. The predicted octanol–water partition coefficient (Wildman–Crippen LogP) is 3.77. The van der Waals surface area contributed by atoms with E-state index in [2.05, 4.69) is 20.9 Å². The van der Waals surface area contributed by atoms with Gasteiger partial charge in [0.15, 0.2) is 17.5 Å². The number of nitrogens with one attached hydrogen (secondary N) is 3. The molecule has 0 saturated carbocycles. The molecule has 3 N–H and O–H groups in total. The second-order valence-corrected chi connectivity index (χ2v) is 8.74. The number of carbonyl (C=O) groups excluding carboxylic acids is 1. The number of benzene rings is 2. The van der Waals surface area contributed by atoms with Gasteiger partial charge in [-0.3, -0.25) is 4.79 Å². The Morgan fingerprint density at radius 3 is 2.56 bits per heavy atom. The lowest BCUT2D eigenvalue weighted by Gasteiger charge is -2.21. The van der Waals surface area contributed by atoms with Crippen LogP contribution in [0.4, 0.5) is 10.1 Å². The molecule has 172 valence electrons. The summed E-state index contributed by atoms with van der Waals surface area (Å²) in [5.41, 5.74) is 1.84. The van der Waals surface area contributed by atoms with E-state index in [-0.39, 0.29) is 23.8 Å². The molecule has 1 aliphatic rings. The number of nitrogens with zero attached hydrogens (tertiary/aromatic N) is 1. The van der Waals surface area contributed by atoms with Crippen molar-refractivity contribution in [1.29, 1.82) is 0 Å². The van der Waals surface area contributed by atoms with Crippen LogP contribution in [-0.4, -0.2) is 37.2 Å². The molecule has 2 aromatic rings. The van der Waals surface area contributed by atoms with Gasteiger partial charge in [-0.15, -0.1) is 0 Å². The van der Waals surface area contributed by atoms with Gasteiger partial charge in [-0.2, -0.15) is 0 Å². The summed E-state index contributed by atoms with van der Waals surface area (Å²) >= 11 is 0. The van der Waals surface area contributed by atoms with Crippen molar-refractivity contribution in [3.8, 4) is 11.5 Å². The van der Waals surface area contributed by atoms with Crippen LogP contribution in [0.25, 0.3) is 0 Å². The lowest BCUT2D eigenvalue weighted by atomic mass is 10.1. The molecule has 0 bridgehead atoms. The van der Waals surface area contributed by atoms with Gasteiger partial charge in [0.05, 0.1) is 26.3 Å². The van der Waals surface area contributed by atoms with Crippen LogP contribution in [-0.2, 0) is 11.3 Å². The standard InChI is InChI=1S/C24H31FN4O3/c1-16-12-17(6-8-19(16)25)14-26-23(27-15-22(30)29-24(2,3)4)28-18-7-9-20-21(13-18)32-11-5-10-31-20/h6-9,12-13H,5,10-11,14-15H2,1-4H3,(H,29,30)(H2,26,27,28). The largest absolute Gasteiger partial charge is 0.490 e. The van der Waals surface area contributed by atoms with Crippen molar-refractivity contribution in [3.63, 3.8) is 0 Å². The molecule has 1 amide bonds. The van der Waals surface area contributed by atoms with Crippen molar-refractivity contribution in [1.82, 2.24) is 10.6 Å². The minimum Gasteiger partial charge on any atom is -0.490 e. The van der Waals surface area contributed by atoms with Crippen molar-refractivity contribution in [2.24, 2.45) is 4.99 Å². The number of aryl methyl sites for hydroxylation is 1. The van der Waals surface area contributed by atoms with E-state index >= 15 is 0 Å². The van der Waals surface area contributed by atoms with E-state index < -0.39 is 0 Å². The Morgan fingerprint density at radius 2 is 1.84 bits per heavy atom. The fraction of sp³-hybridized carbons (Fsp3) is 0.417. The summed E-state index contributed by atoms with van der Waals surface area (Å²) < 4.78 is 25.0. The number of hydrogen-bond acceptors (Lipinski definition) is 4. The Labute approximate surface area is 188 Å². The molecule has 0 fully saturated rings. The highest BCUT2D eigenvalue weighted by Crippen LogP contribution is 2.32. The molecule has 0 unspecified atom stereocenters. The van der Waals surface area contributed by atoms with Gasteiger partial charge in [0.2, 0.25) is 5.91 Å². The molecular formula is C24H31FN4O3. The highest BCUT2D eigenvalue weighted by molar-refractivity contribution is 5.96. The lowest BCUT2D eigenvalue weighted by molar-refractivity contribution is -0.121. The van der Waals surface area contributed by atoms with Gasteiger partial charge in [0.25, 0.3) is 0 Å². The fourth-order valence-corrected chi connectivity index (χ4v) is 3.12. The number of anilines is 1. The molecule has 3 rings (SSSR count). The summed E-state index contributed by atoms with van der Waals surface area (Å²) in [5, 5.41) is 9.18. The van der Waals surface area contributed by atoms with Crippen molar-refractivity contribution in [3.05, 3.63) is 53.3 Å². The van der Waals surface area contributed by atoms with Crippen LogP contribution >= 0.6 is 0 Å². The summed E-state index contributed by atoms with van der Waals surface area (Å²) in [5.74, 6) is 1.38. The van der Waals surface area contributed by atoms with Crippen LogP contribution in [0.15, 0.2) is 41.4 Å². The third kappa shape index (κ3) is 7.14. The average molecular weight is 443 g/mol. The first-order valence-corrected chi connectivity index (χ1v) is 10.7. The SMILES string of the molecule is Cc1cc(CN=C(NCC(=O)NC(C)(C)C)Nc2ccc3c(c2)OCCCO3)ccc1F. The Kier molecular flexibility index (Phi) is 7.56. The first-order chi connectivity index (χ1) is 15.2. The molecule has 0 aromatic heterocycles. The zero-order valence-corrected chi connectivity index (χ0v) is 19.0. The van der Waals surface area contributed by atoms with Gasteiger partial charge < -0.3 is 25.4 Å². The van der Waals surface area contributed by atoms with Gasteiger partial charge in [-0.25, -0.2) is 9.38 Å². The molecule has 0 atom stereocenters. The van der Waals surface area contributed by atoms with Gasteiger partial charge in [0, 0.05) is 23.7 Å². The van der Waals surface area contributed by atoms with Crippen LogP contribution in [0.3, 0.4) is 0 Å². The Bertz CT molecular complexity index is 986. The number of hydrogen-bond donors (Lipinski definition) is 3. The van der Waals surface area contributed by atoms with Crippen LogP contribution in [0.5, 0.6) is 11.5 Å². The minimum absolute atomic E-state index is 0.0517. The van der Waals surface area contributed by atoms with Crippen LogP contribution in [0.2, 0.25) is 0 Å². The number of ether oxygens (including phenoxy) is 2. The summed E-state index contributed by atoms with van der Waals surface area (Å²) in [6, 6.07) is 10.4. The summed E-state index contributed by atoms with van der Waals surface area (Å²) in [7, 11) is 0. The maximum absolute atomic E-state index is 13.6. The molecule has 1 heterocycles. The molecule has 0 saturated heterocycles. The molecule has 32 heavy (non-hydrogen) atoms. The number of fused-ring (bicyclic) bond motifs is 1. The number of rotatable bonds is 5. The second-order valence-electron chi connectivity index (χ2n) is 8.74. The number of carbonyl (C=O) groups is 1. The van der Waals surface area contributed by atoms with Crippen molar-refractivity contribution in [2.75, 3.05) is 25.1 Å². The third-order valence-electron chi connectivity index (χ3n) is 4.58. The van der Waals surface area contributed by atoms with E-state index in [1.54, 1.807) is 19.1 Å². The Hall–Kier alpha value is -3.29. The number of halogens is 1. The lowest BCUT2D eigenvalue weighted by Crippen LogP contribution is -2.46. The first kappa shape index (κ1) is 23.4. The highest BCUT2D eigenvalue weighted by atomic mass is 19.1. The number of amides is 1. The molecule has 0 radical (unpaired) electrons. The van der Waals surface area contributed by atoms with Gasteiger partial charge >= 0.3 is 0 Å². The summed E-state index contributed by atoms with van der Waals surface area (Å²) in [6.07, 6.45) is 0.825. The summed E-state index contributed by atoms with van der Waals surface area (Å²) in [4.78, 5) is 16.8. The summed E-state index contributed by atoms with van der Waals surface area (Å²) in [6.45, 7) is 9.07. The molecule has 7 nitrogen and oxygen atoms in total.